The van der Waals surface area contributed by atoms with Crippen molar-refractivity contribution in [3.8, 4) is 5.75 Å². The van der Waals surface area contributed by atoms with Gasteiger partial charge in [0.05, 0.1) is 13.5 Å². The SMILES string of the molecule is COc1ccccc1/C=C(\CC(=O)N1CC2C3CCC(CC3)C2C1)C(=O)O. The molecule has 2 unspecified atom stereocenters. The minimum absolute atomic E-state index is 0.0626. The molecule has 1 aliphatic heterocycles. The minimum Gasteiger partial charge on any atom is -0.496 e. The van der Waals surface area contributed by atoms with Gasteiger partial charge in [-0.05, 0) is 61.5 Å². The van der Waals surface area contributed by atoms with E-state index in [0.717, 1.165) is 24.9 Å². The monoisotopic (exact) mass is 369 g/mol. The Kier molecular flexibility index (Phi) is 4.94. The largest absolute Gasteiger partial charge is 0.496 e. The van der Waals surface area contributed by atoms with Crippen LogP contribution >= 0.6 is 0 Å². The standard InChI is InChI=1S/C22H27NO4/c1-27-20-5-3-2-4-16(20)10-17(22(25)26)11-21(24)23-12-18-14-6-7-15(9-8-14)19(18)13-23/h2-5,10,14-15,18-19H,6-9,11-13H2,1H3,(H,25,26)/b17-10+. The molecule has 1 saturated heterocycles. The number of amides is 1. The topological polar surface area (TPSA) is 66.8 Å². The Morgan fingerprint density at radius 1 is 1.11 bits per heavy atom. The van der Waals surface area contributed by atoms with Crippen molar-refractivity contribution in [1.29, 1.82) is 0 Å². The van der Waals surface area contributed by atoms with Gasteiger partial charge in [-0.2, -0.15) is 0 Å². The third-order valence-electron chi connectivity index (χ3n) is 6.88. The molecule has 3 aliphatic carbocycles. The average molecular weight is 369 g/mol. The molecule has 2 atom stereocenters. The van der Waals surface area contributed by atoms with Crippen molar-refractivity contribution in [3.63, 3.8) is 0 Å². The third kappa shape index (κ3) is 3.47. The van der Waals surface area contributed by atoms with Gasteiger partial charge in [-0.15, -0.1) is 0 Å². The Morgan fingerprint density at radius 3 is 2.26 bits per heavy atom. The van der Waals surface area contributed by atoms with E-state index >= 15 is 0 Å². The number of hydrogen-bond acceptors (Lipinski definition) is 3. The quantitative estimate of drug-likeness (QED) is 0.808. The second-order valence-corrected chi connectivity index (χ2v) is 8.19. The summed E-state index contributed by atoms with van der Waals surface area (Å²) in [6, 6.07) is 7.25. The van der Waals surface area contributed by atoms with Crippen LogP contribution in [-0.4, -0.2) is 42.1 Å². The fourth-order valence-corrected chi connectivity index (χ4v) is 5.49. The summed E-state index contributed by atoms with van der Waals surface area (Å²) in [7, 11) is 1.55. The molecular formula is C22H27NO4. The summed E-state index contributed by atoms with van der Waals surface area (Å²) in [6.45, 7) is 1.62. The molecule has 3 saturated carbocycles. The van der Waals surface area contributed by atoms with E-state index in [1.54, 1.807) is 25.3 Å². The second-order valence-electron chi connectivity index (χ2n) is 8.19. The van der Waals surface area contributed by atoms with E-state index in [4.69, 9.17) is 4.74 Å². The van der Waals surface area contributed by atoms with Crippen LogP contribution in [0, 0.1) is 23.7 Å². The first-order chi connectivity index (χ1) is 13.1. The van der Waals surface area contributed by atoms with Crippen LogP contribution < -0.4 is 4.74 Å². The summed E-state index contributed by atoms with van der Waals surface area (Å²) in [6.07, 6.45) is 6.72. The number of hydrogen-bond donors (Lipinski definition) is 1. The molecule has 27 heavy (non-hydrogen) atoms. The zero-order chi connectivity index (χ0) is 19.0. The molecule has 0 aromatic heterocycles. The van der Waals surface area contributed by atoms with Crippen LogP contribution in [0.5, 0.6) is 5.75 Å². The zero-order valence-corrected chi connectivity index (χ0v) is 15.8. The number of aliphatic carboxylic acids is 1. The lowest BCUT2D eigenvalue weighted by Gasteiger charge is -2.44. The number of carboxylic acid groups (broad SMARTS) is 1. The fourth-order valence-electron chi connectivity index (χ4n) is 5.49. The number of methoxy groups -OCH3 is 1. The zero-order valence-electron chi connectivity index (χ0n) is 15.8. The van der Waals surface area contributed by atoms with Gasteiger partial charge in [-0.25, -0.2) is 4.79 Å². The first-order valence-electron chi connectivity index (χ1n) is 9.91. The van der Waals surface area contributed by atoms with Gasteiger partial charge < -0.3 is 14.7 Å². The Balaban J connectivity index is 1.49. The second kappa shape index (κ2) is 7.37. The number of carbonyl (C=O) groups is 2. The normalized spacial score (nSPS) is 29.5. The molecule has 1 aromatic carbocycles. The van der Waals surface area contributed by atoms with Gasteiger partial charge >= 0.3 is 5.97 Å². The van der Waals surface area contributed by atoms with Crippen LogP contribution in [0.3, 0.4) is 0 Å². The van der Waals surface area contributed by atoms with Crippen molar-refractivity contribution in [2.75, 3.05) is 20.2 Å². The number of nitrogens with zero attached hydrogens (tertiary/aromatic N) is 1. The van der Waals surface area contributed by atoms with Crippen LogP contribution in [0.1, 0.15) is 37.7 Å². The maximum Gasteiger partial charge on any atom is 0.332 e. The van der Waals surface area contributed by atoms with E-state index in [9.17, 15) is 14.7 Å². The number of ether oxygens (including phenoxy) is 1. The van der Waals surface area contributed by atoms with Crippen LogP contribution in [0.15, 0.2) is 29.8 Å². The van der Waals surface area contributed by atoms with Crippen LogP contribution in [0.2, 0.25) is 0 Å². The molecular weight excluding hydrogens is 342 g/mol. The van der Waals surface area contributed by atoms with Crippen molar-refractivity contribution >= 4 is 18.0 Å². The molecule has 5 nitrogen and oxygen atoms in total. The van der Waals surface area contributed by atoms with E-state index in [0.29, 0.717) is 23.1 Å². The number of likely N-dealkylation sites (tertiary alicyclic amines) is 1. The van der Waals surface area contributed by atoms with Crippen molar-refractivity contribution < 1.29 is 19.4 Å². The van der Waals surface area contributed by atoms with Gasteiger partial charge in [0.2, 0.25) is 5.91 Å². The third-order valence-corrected chi connectivity index (χ3v) is 6.88. The highest BCUT2D eigenvalue weighted by Gasteiger charge is 2.48. The molecule has 2 bridgehead atoms. The molecule has 0 radical (unpaired) electrons. The summed E-state index contributed by atoms with van der Waals surface area (Å²) in [5, 5.41) is 9.61. The number of benzene rings is 1. The maximum absolute atomic E-state index is 12.9. The molecule has 5 heteroatoms. The molecule has 1 amide bonds. The van der Waals surface area contributed by atoms with Gasteiger partial charge in [0, 0.05) is 24.2 Å². The summed E-state index contributed by atoms with van der Waals surface area (Å²) >= 11 is 0. The summed E-state index contributed by atoms with van der Waals surface area (Å²) in [4.78, 5) is 26.5. The van der Waals surface area contributed by atoms with Crippen molar-refractivity contribution in [2.24, 2.45) is 23.7 Å². The molecule has 144 valence electrons. The Labute approximate surface area is 160 Å². The lowest BCUT2D eigenvalue weighted by atomic mass is 9.60. The minimum atomic E-state index is -1.05. The molecule has 0 spiro atoms. The number of fused-ring (bicyclic) bond motifs is 2. The lowest BCUT2D eigenvalue weighted by Crippen LogP contribution is -2.38. The first kappa shape index (κ1) is 18.1. The van der Waals surface area contributed by atoms with Crippen LogP contribution in [0.4, 0.5) is 0 Å². The predicted octanol–water partition coefficient (Wildman–Crippen LogP) is 3.45. The highest BCUT2D eigenvalue weighted by molar-refractivity contribution is 5.98. The van der Waals surface area contributed by atoms with E-state index in [2.05, 4.69) is 0 Å². The van der Waals surface area contributed by atoms with E-state index in [-0.39, 0.29) is 17.9 Å². The average Bonchev–Trinajstić information content (AvgIpc) is 3.16. The smallest absolute Gasteiger partial charge is 0.332 e. The molecule has 4 fully saturated rings. The molecule has 1 heterocycles. The number of rotatable bonds is 5. The highest BCUT2D eigenvalue weighted by atomic mass is 16.5. The van der Waals surface area contributed by atoms with Gasteiger partial charge in [0.1, 0.15) is 5.75 Å². The van der Waals surface area contributed by atoms with Gasteiger partial charge in [-0.3, -0.25) is 4.79 Å². The summed E-state index contributed by atoms with van der Waals surface area (Å²) in [5.41, 5.74) is 0.792. The number of para-hydroxylation sites is 1. The number of carbonyl (C=O) groups excluding carboxylic acids is 1. The fraction of sp³-hybridized carbons (Fsp3) is 0.545. The van der Waals surface area contributed by atoms with Crippen LogP contribution in [0.25, 0.3) is 6.08 Å². The lowest BCUT2D eigenvalue weighted by molar-refractivity contribution is -0.136. The molecule has 4 aliphatic rings. The van der Waals surface area contributed by atoms with Gasteiger partial charge in [-0.1, -0.05) is 18.2 Å². The highest BCUT2D eigenvalue weighted by Crippen LogP contribution is 2.51. The first-order valence-corrected chi connectivity index (χ1v) is 9.91. The van der Waals surface area contributed by atoms with Crippen molar-refractivity contribution in [1.82, 2.24) is 4.90 Å². The molecule has 1 aromatic rings. The maximum atomic E-state index is 12.9. The summed E-state index contributed by atoms with van der Waals surface area (Å²) in [5.74, 6) is 2.29. The Morgan fingerprint density at radius 2 is 1.70 bits per heavy atom. The van der Waals surface area contributed by atoms with E-state index in [1.807, 2.05) is 17.0 Å². The van der Waals surface area contributed by atoms with Crippen molar-refractivity contribution in [2.45, 2.75) is 32.1 Å². The molecule has 1 N–H and O–H groups in total. The number of carboxylic acids is 1. The van der Waals surface area contributed by atoms with E-state index in [1.165, 1.54) is 25.7 Å². The van der Waals surface area contributed by atoms with Crippen molar-refractivity contribution in [3.05, 3.63) is 35.4 Å². The molecule has 5 rings (SSSR count). The van der Waals surface area contributed by atoms with Gasteiger partial charge in [0.15, 0.2) is 0 Å². The Hall–Kier alpha value is -2.30. The van der Waals surface area contributed by atoms with Gasteiger partial charge in [0.25, 0.3) is 0 Å². The van der Waals surface area contributed by atoms with E-state index < -0.39 is 5.97 Å². The Bertz CT molecular complexity index is 743. The van der Waals surface area contributed by atoms with Crippen LogP contribution in [-0.2, 0) is 9.59 Å². The summed E-state index contributed by atoms with van der Waals surface area (Å²) < 4.78 is 5.29. The predicted molar refractivity (Wildman–Crippen MR) is 102 cm³/mol.